The Hall–Kier alpha value is -1.49. The number of hydrogen-bond donors (Lipinski definition) is 0. The molecule has 0 N–H and O–H groups in total. The van der Waals surface area contributed by atoms with Crippen LogP contribution in [0.3, 0.4) is 0 Å². The first-order chi connectivity index (χ1) is 8.04. The molecule has 0 aromatic carbocycles. The molecule has 0 aliphatic heterocycles. The van der Waals surface area contributed by atoms with E-state index in [2.05, 4.69) is 4.98 Å². The summed E-state index contributed by atoms with van der Waals surface area (Å²) < 4.78 is 23.1. The monoisotopic (exact) mass is 241 g/mol. The minimum absolute atomic E-state index is 0.103. The largest absolute Gasteiger partial charge is 0.456 e. The van der Waals surface area contributed by atoms with Crippen molar-refractivity contribution in [3.05, 3.63) is 29.8 Å². The van der Waals surface area contributed by atoms with Crippen molar-refractivity contribution in [1.29, 1.82) is 0 Å². The number of nitrogens with zero attached hydrogens (tertiary/aromatic N) is 1. The fourth-order valence-corrected chi connectivity index (χ4v) is 1.26. The molecule has 0 amide bonds. The number of ether oxygens (including phenoxy) is 2. The van der Waals surface area contributed by atoms with Gasteiger partial charge in [-0.05, 0) is 12.0 Å². The van der Waals surface area contributed by atoms with E-state index in [-0.39, 0.29) is 17.6 Å². The van der Waals surface area contributed by atoms with Gasteiger partial charge in [0.25, 0.3) is 0 Å². The Morgan fingerprint density at radius 2 is 2.18 bits per heavy atom. The lowest BCUT2D eigenvalue weighted by atomic mass is 10.1. The van der Waals surface area contributed by atoms with Gasteiger partial charge in [0, 0.05) is 13.3 Å². The number of hydrogen-bond acceptors (Lipinski definition) is 4. The van der Waals surface area contributed by atoms with Gasteiger partial charge in [0.05, 0.1) is 18.4 Å². The van der Waals surface area contributed by atoms with Crippen LogP contribution in [0, 0.1) is 11.7 Å². The summed E-state index contributed by atoms with van der Waals surface area (Å²) in [6, 6.07) is 1.10. The molecule has 0 aliphatic carbocycles. The highest BCUT2D eigenvalue weighted by atomic mass is 19.1. The molecule has 1 heterocycles. The zero-order valence-corrected chi connectivity index (χ0v) is 10.1. The van der Waals surface area contributed by atoms with Crippen LogP contribution in [-0.2, 0) is 9.47 Å². The van der Waals surface area contributed by atoms with E-state index in [0.29, 0.717) is 6.61 Å². The smallest absolute Gasteiger partial charge is 0.340 e. The molecule has 0 fully saturated rings. The van der Waals surface area contributed by atoms with Crippen LogP contribution in [0.5, 0.6) is 0 Å². The lowest BCUT2D eigenvalue weighted by Crippen LogP contribution is -2.28. The van der Waals surface area contributed by atoms with Crippen LogP contribution in [-0.4, -0.2) is 30.8 Å². The van der Waals surface area contributed by atoms with E-state index in [9.17, 15) is 9.18 Å². The van der Waals surface area contributed by atoms with Gasteiger partial charge in [-0.3, -0.25) is 4.98 Å². The van der Waals surface area contributed by atoms with Crippen molar-refractivity contribution >= 4 is 5.97 Å². The molecular formula is C12H16FNO3. The minimum Gasteiger partial charge on any atom is -0.456 e. The zero-order chi connectivity index (χ0) is 12.8. The van der Waals surface area contributed by atoms with Crippen molar-refractivity contribution in [3.8, 4) is 0 Å². The summed E-state index contributed by atoms with van der Waals surface area (Å²) in [6.45, 7) is 4.15. The van der Waals surface area contributed by atoms with Crippen LogP contribution in [0.1, 0.15) is 24.2 Å². The molecule has 94 valence electrons. The SMILES string of the molecule is COC[C@@H](OC(=O)c1cncc(F)c1)C(C)C. The van der Waals surface area contributed by atoms with E-state index in [1.807, 2.05) is 13.8 Å². The fraction of sp³-hybridized carbons (Fsp3) is 0.500. The third kappa shape index (κ3) is 4.11. The highest BCUT2D eigenvalue weighted by Gasteiger charge is 2.19. The lowest BCUT2D eigenvalue weighted by molar-refractivity contribution is -0.0103. The second-order valence-electron chi connectivity index (χ2n) is 4.03. The van der Waals surface area contributed by atoms with Gasteiger partial charge < -0.3 is 9.47 Å². The maximum atomic E-state index is 12.9. The molecule has 1 atom stereocenters. The molecule has 0 unspecified atom stereocenters. The van der Waals surface area contributed by atoms with Crippen molar-refractivity contribution in [2.45, 2.75) is 20.0 Å². The van der Waals surface area contributed by atoms with Crippen LogP contribution in [0.25, 0.3) is 0 Å². The predicted molar refractivity (Wildman–Crippen MR) is 60.1 cm³/mol. The van der Waals surface area contributed by atoms with Gasteiger partial charge in [0.15, 0.2) is 0 Å². The van der Waals surface area contributed by atoms with Gasteiger partial charge >= 0.3 is 5.97 Å². The maximum absolute atomic E-state index is 12.9. The Morgan fingerprint density at radius 1 is 1.47 bits per heavy atom. The van der Waals surface area contributed by atoms with Crippen LogP contribution < -0.4 is 0 Å². The van der Waals surface area contributed by atoms with E-state index in [0.717, 1.165) is 12.3 Å². The quantitative estimate of drug-likeness (QED) is 0.740. The number of halogens is 1. The molecule has 1 aromatic heterocycles. The standard InChI is InChI=1S/C12H16FNO3/c1-8(2)11(7-16-3)17-12(15)9-4-10(13)6-14-5-9/h4-6,8,11H,7H2,1-3H3/t11-/m1/s1. The molecular weight excluding hydrogens is 225 g/mol. The van der Waals surface area contributed by atoms with Crippen molar-refractivity contribution in [3.63, 3.8) is 0 Å². The first-order valence-corrected chi connectivity index (χ1v) is 5.35. The van der Waals surface area contributed by atoms with Crippen LogP contribution in [0.2, 0.25) is 0 Å². The lowest BCUT2D eigenvalue weighted by Gasteiger charge is -2.20. The Labute approximate surface area is 99.8 Å². The number of rotatable bonds is 5. The number of esters is 1. The summed E-state index contributed by atoms with van der Waals surface area (Å²) in [5.41, 5.74) is 0.103. The Bertz CT molecular complexity index is 382. The van der Waals surface area contributed by atoms with Gasteiger partial charge in [-0.1, -0.05) is 13.8 Å². The third-order valence-corrected chi connectivity index (χ3v) is 2.27. The molecule has 0 saturated heterocycles. The highest BCUT2D eigenvalue weighted by molar-refractivity contribution is 5.89. The summed E-state index contributed by atoms with van der Waals surface area (Å²) in [6.07, 6.45) is 1.96. The van der Waals surface area contributed by atoms with Crippen molar-refractivity contribution < 1.29 is 18.7 Å². The molecule has 5 heteroatoms. The number of aromatic nitrogens is 1. The summed E-state index contributed by atoms with van der Waals surface area (Å²) in [4.78, 5) is 15.3. The Kier molecular flexibility index (Phi) is 5.03. The number of pyridine rings is 1. The normalized spacial score (nSPS) is 12.5. The van der Waals surface area contributed by atoms with Gasteiger partial charge in [-0.25, -0.2) is 9.18 Å². The number of carbonyl (C=O) groups is 1. The summed E-state index contributed by atoms with van der Waals surface area (Å²) in [7, 11) is 1.53. The maximum Gasteiger partial charge on any atom is 0.340 e. The van der Waals surface area contributed by atoms with E-state index >= 15 is 0 Å². The molecule has 0 aliphatic rings. The summed E-state index contributed by atoms with van der Waals surface area (Å²) >= 11 is 0. The molecule has 4 nitrogen and oxygen atoms in total. The van der Waals surface area contributed by atoms with Gasteiger partial charge in [-0.2, -0.15) is 0 Å². The zero-order valence-electron chi connectivity index (χ0n) is 10.1. The first-order valence-electron chi connectivity index (χ1n) is 5.35. The van der Waals surface area contributed by atoms with Crippen molar-refractivity contribution in [1.82, 2.24) is 4.98 Å². The molecule has 0 radical (unpaired) electrons. The summed E-state index contributed by atoms with van der Waals surface area (Å²) in [5, 5.41) is 0. The third-order valence-electron chi connectivity index (χ3n) is 2.27. The molecule has 0 saturated carbocycles. The number of carbonyl (C=O) groups excluding carboxylic acids is 1. The van der Waals surface area contributed by atoms with Crippen LogP contribution >= 0.6 is 0 Å². The minimum atomic E-state index is -0.590. The van der Waals surface area contributed by atoms with Crippen LogP contribution in [0.4, 0.5) is 4.39 Å². The second kappa shape index (κ2) is 6.30. The van der Waals surface area contributed by atoms with Gasteiger partial charge in [0.1, 0.15) is 11.9 Å². The molecule has 1 aromatic rings. The molecule has 0 spiro atoms. The van der Waals surface area contributed by atoms with E-state index in [1.54, 1.807) is 0 Å². The molecule has 0 bridgehead atoms. The fourth-order valence-electron chi connectivity index (χ4n) is 1.26. The average Bonchev–Trinajstić information content (AvgIpc) is 2.28. The van der Waals surface area contributed by atoms with Gasteiger partial charge in [0.2, 0.25) is 0 Å². The molecule has 17 heavy (non-hydrogen) atoms. The van der Waals surface area contributed by atoms with Crippen LogP contribution in [0.15, 0.2) is 18.5 Å². The average molecular weight is 241 g/mol. The topological polar surface area (TPSA) is 48.4 Å². The van der Waals surface area contributed by atoms with E-state index in [1.165, 1.54) is 13.3 Å². The van der Waals surface area contributed by atoms with Crippen molar-refractivity contribution in [2.24, 2.45) is 5.92 Å². The molecule has 1 rings (SSSR count). The van der Waals surface area contributed by atoms with Gasteiger partial charge in [-0.15, -0.1) is 0 Å². The Morgan fingerprint density at radius 3 is 2.71 bits per heavy atom. The Balaban J connectivity index is 2.70. The number of methoxy groups -OCH3 is 1. The second-order valence-corrected chi connectivity index (χ2v) is 4.03. The van der Waals surface area contributed by atoms with E-state index < -0.39 is 11.8 Å². The highest BCUT2D eigenvalue weighted by Crippen LogP contribution is 2.11. The predicted octanol–water partition coefficient (Wildman–Crippen LogP) is 2.05. The van der Waals surface area contributed by atoms with Crippen molar-refractivity contribution in [2.75, 3.05) is 13.7 Å². The summed E-state index contributed by atoms with van der Waals surface area (Å²) in [5.74, 6) is -1.03. The first kappa shape index (κ1) is 13.6. The van der Waals surface area contributed by atoms with E-state index in [4.69, 9.17) is 9.47 Å².